The summed E-state index contributed by atoms with van der Waals surface area (Å²) in [5.74, 6) is 1.56. The summed E-state index contributed by atoms with van der Waals surface area (Å²) < 4.78 is 0. The molecule has 0 heterocycles. The van der Waals surface area contributed by atoms with Gasteiger partial charge in [-0.15, -0.1) is 6.42 Å². The van der Waals surface area contributed by atoms with E-state index in [0.717, 1.165) is 12.8 Å². The Morgan fingerprint density at radius 1 is 1.47 bits per heavy atom. The summed E-state index contributed by atoms with van der Waals surface area (Å²) in [6.07, 6.45) is 7.10. The van der Waals surface area contributed by atoms with Crippen LogP contribution in [0.4, 0.5) is 4.79 Å². The zero-order chi connectivity index (χ0) is 12.8. The molecule has 5 nitrogen and oxygen atoms in total. The fourth-order valence-corrected chi connectivity index (χ4v) is 1.64. The number of aliphatic carboxylic acids is 1. The lowest BCUT2D eigenvalue weighted by molar-refractivity contribution is -0.137. The molecule has 0 spiro atoms. The fraction of sp³-hybridized carbons (Fsp3) is 0.667. The molecule has 1 rings (SSSR count). The number of carbonyl (C=O) groups excluding carboxylic acids is 1. The van der Waals surface area contributed by atoms with Gasteiger partial charge in [0.15, 0.2) is 0 Å². The molecule has 0 aromatic heterocycles. The summed E-state index contributed by atoms with van der Waals surface area (Å²) in [6.45, 7) is 2.93. The van der Waals surface area contributed by atoms with Gasteiger partial charge in [0.1, 0.15) is 0 Å². The minimum absolute atomic E-state index is 0.0180. The first kappa shape index (κ1) is 13.4. The van der Waals surface area contributed by atoms with Gasteiger partial charge in [0.2, 0.25) is 0 Å². The van der Waals surface area contributed by atoms with Crippen LogP contribution in [0.15, 0.2) is 0 Å². The van der Waals surface area contributed by atoms with Crippen molar-refractivity contribution in [1.29, 1.82) is 0 Å². The third kappa shape index (κ3) is 3.99. The van der Waals surface area contributed by atoms with Gasteiger partial charge in [-0.2, -0.15) is 0 Å². The number of carboxylic acids is 1. The van der Waals surface area contributed by atoms with Crippen molar-refractivity contribution in [2.75, 3.05) is 19.6 Å². The molecule has 94 valence electrons. The van der Waals surface area contributed by atoms with E-state index in [-0.39, 0.29) is 31.6 Å². The smallest absolute Gasteiger partial charge is 0.321 e. The van der Waals surface area contributed by atoms with E-state index in [1.54, 1.807) is 9.80 Å². The summed E-state index contributed by atoms with van der Waals surface area (Å²) in [5.41, 5.74) is 0. The maximum Gasteiger partial charge on any atom is 0.321 e. The predicted octanol–water partition coefficient (Wildman–Crippen LogP) is 1.00. The highest BCUT2D eigenvalue weighted by Crippen LogP contribution is 2.27. The van der Waals surface area contributed by atoms with Crippen molar-refractivity contribution >= 4 is 12.0 Å². The van der Waals surface area contributed by atoms with E-state index in [1.807, 2.05) is 6.92 Å². The molecule has 0 bridgehead atoms. The van der Waals surface area contributed by atoms with Crippen LogP contribution in [0.2, 0.25) is 0 Å². The standard InChI is InChI=1S/C12H18N2O3/c1-3-8-13(4-2)12(17)14(10-5-6-10)9-7-11(15)16/h1,10H,4-9H2,2H3,(H,15,16). The Morgan fingerprint density at radius 2 is 2.12 bits per heavy atom. The van der Waals surface area contributed by atoms with Crippen molar-refractivity contribution in [3.05, 3.63) is 0 Å². The number of rotatable bonds is 6. The van der Waals surface area contributed by atoms with E-state index in [9.17, 15) is 9.59 Å². The molecule has 0 aromatic rings. The number of carbonyl (C=O) groups is 2. The number of urea groups is 1. The quantitative estimate of drug-likeness (QED) is 0.702. The van der Waals surface area contributed by atoms with E-state index >= 15 is 0 Å². The molecule has 0 atom stereocenters. The second-order valence-corrected chi connectivity index (χ2v) is 4.07. The zero-order valence-corrected chi connectivity index (χ0v) is 10.1. The molecule has 1 aliphatic carbocycles. The van der Waals surface area contributed by atoms with Crippen molar-refractivity contribution in [3.8, 4) is 12.3 Å². The van der Waals surface area contributed by atoms with Crippen LogP contribution in [0, 0.1) is 12.3 Å². The topological polar surface area (TPSA) is 60.9 Å². The Labute approximate surface area is 101 Å². The molecular formula is C12H18N2O3. The molecule has 0 aromatic carbocycles. The summed E-state index contributed by atoms with van der Waals surface area (Å²) >= 11 is 0. The molecule has 0 aliphatic heterocycles. The number of carboxylic acid groups (broad SMARTS) is 1. The fourth-order valence-electron chi connectivity index (χ4n) is 1.64. The van der Waals surface area contributed by atoms with Gasteiger partial charge in [-0.25, -0.2) is 4.79 Å². The first-order valence-electron chi connectivity index (χ1n) is 5.81. The van der Waals surface area contributed by atoms with Crippen LogP contribution in [0.5, 0.6) is 0 Å². The van der Waals surface area contributed by atoms with Crippen LogP contribution in [0.3, 0.4) is 0 Å². The van der Waals surface area contributed by atoms with Gasteiger partial charge in [0, 0.05) is 19.1 Å². The minimum atomic E-state index is -0.886. The highest BCUT2D eigenvalue weighted by Gasteiger charge is 2.34. The molecule has 1 N–H and O–H groups in total. The third-order valence-electron chi connectivity index (χ3n) is 2.73. The average Bonchev–Trinajstić information content (AvgIpc) is 3.09. The second-order valence-electron chi connectivity index (χ2n) is 4.07. The number of amides is 2. The Kier molecular flexibility index (Phi) is 4.83. The zero-order valence-electron chi connectivity index (χ0n) is 10.1. The number of hydrogen-bond donors (Lipinski definition) is 1. The van der Waals surface area contributed by atoms with E-state index in [2.05, 4.69) is 5.92 Å². The van der Waals surface area contributed by atoms with E-state index in [0.29, 0.717) is 6.54 Å². The second kappa shape index (κ2) is 6.14. The van der Waals surface area contributed by atoms with E-state index in [1.165, 1.54) is 0 Å². The molecule has 17 heavy (non-hydrogen) atoms. The Morgan fingerprint density at radius 3 is 2.53 bits per heavy atom. The SMILES string of the molecule is C#CCN(CC)C(=O)N(CCC(=O)O)C1CC1. The van der Waals surface area contributed by atoms with Crippen LogP contribution in [0.1, 0.15) is 26.2 Å². The Bertz CT molecular complexity index is 331. The molecule has 1 saturated carbocycles. The van der Waals surface area contributed by atoms with Crippen molar-refractivity contribution in [1.82, 2.24) is 9.80 Å². The predicted molar refractivity (Wildman–Crippen MR) is 63.5 cm³/mol. The van der Waals surface area contributed by atoms with Gasteiger partial charge < -0.3 is 14.9 Å². The average molecular weight is 238 g/mol. The first-order chi connectivity index (χ1) is 8.10. The highest BCUT2D eigenvalue weighted by molar-refractivity contribution is 5.76. The maximum atomic E-state index is 12.1. The van der Waals surface area contributed by atoms with Crippen molar-refractivity contribution in [2.45, 2.75) is 32.2 Å². The molecule has 0 radical (unpaired) electrons. The van der Waals surface area contributed by atoms with Crippen LogP contribution in [0.25, 0.3) is 0 Å². The van der Waals surface area contributed by atoms with Gasteiger partial charge in [0.05, 0.1) is 13.0 Å². The van der Waals surface area contributed by atoms with Crippen LogP contribution < -0.4 is 0 Å². The van der Waals surface area contributed by atoms with Crippen molar-refractivity contribution in [3.63, 3.8) is 0 Å². The first-order valence-corrected chi connectivity index (χ1v) is 5.81. The minimum Gasteiger partial charge on any atom is -0.481 e. The molecule has 5 heteroatoms. The molecule has 1 aliphatic rings. The van der Waals surface area contributed by atoms with Gasteiger partial charge in [-0.3, -0.25) is 4.79 Å². The molecule has 0 saturated heterocycles. The lowest BCUT2D eigenvalue weighted by atomic mass is 10.3. The van der Waals surface area contributed by atoms with Crippen molar-refractivity contribution < 1.29 is 14.7 Å². The summed E-state index contributed by atoms with van der Waals surface area (Å²) in [5, 5.41) is 8.66. The molecular weight excluding hydrogens is 220 g/mol. The summed E-state index contributed by atoms with van der Waals surface area (Å²) in [6, 6.07) is 0.0582. The van der Waals surface area contributed by atoms with E-state index in [4.69, 9.17) is 11.5 Å². The van der Waals surface area contributed by atoms with Crippen LogP contribution in [-0.2, 0) is 4.79 Å². The van der Waals surface area contributed by atoms with Gasteiger partial charge in [-0.1, -0.05) is 5.92 Å². The molecule has 2 amide bonds. The molecule has 0 unspecified atom stereocenters. The van der Waals surface area contributed by atoms with Gasteiger partial charge in [-0.05, 0) is 19.8 Å². The summed E-state index contributed by atoms with van der Waals surface area (Å²) in [4.78, 5) is 25.9. The highest BCUT2D eigenvalue weighted by atomic mass is 16.4. The monoisotopic (exact) mass is 238 g/mol. The number of nitrogens with zero attached hydrogens (tertiary/aromatic N) is 2. The largest absolute Gasteiger partial charge is 0.481 e. The Balaban J connectivity index is 2.59. The lowest BCUT2D eigenvalue weighted by Crippen LogP contribution is -2.45. The maximum absolute atomic E-state index is 12.1. The normalized spacial score (nSPS) is 13.9. The number of hydrogen-bond acceptors (Lipinski definition) is 2. The summed E-state index contributed by atoms with van der Waals surface area (Å²) in [7, 11) is 0. The van der Waals surface area contributed by atoms with E-state index < -0.39 is 5.97 Å². The van der Waals surface area contributed by atoms with Crippen LogP contribution in [-0.4, -0.2) is 52.6 Å². The van der Waals surface area contributed by atoms with Gasteiger partial charge >= 0.3 is 12.0 Å². The van der Waals surface area contributed by atoms with Gasteiger partial charge in [0.25, 0.3) is 0 Å². The number of terminal acetylenes is 1. The lowest BCUT2D eigenvalue weighted by Gasteiger charge is -2.28. The van der Waals surface area contributed by atoms with Crippen molar-refractivity contribution in [2.24, 2.45) is 0 Å². The van der Waals surface area contributed by atoms with Crippen LogP contribution >= 0.6 is 0 Å². The Hall–Kier alpha value is -1.70. The molecule has 1 fully saturated rings. The third-order valence-corrected chi connectivity index (χ3v) is 2.73.